The smallest absolute Gasteiger partial charge is 0.246 e. The van der Waals surface area contributed by atoms with Crippen LogP contribution in [0.1, 0.15) is 23.6 Å². The zero-order valence-corrected chi connectivity index (χ0v) is 14.6. The summed E-state index contributed by atoms with van der Waals surface area (Å²) in [6, 6.07) is 18.3. The molecule has 3 aromatic rings. The van der Waals surface area contributed by atoms with E-state index in [1.807, 2.05) is 38.1 Å². The largest absolute Gasteiger partial charge is 0.373 e. The molecule has 0 fully saturated rings. The fourth-order valence-corrected chi connectivity index (χ4v) is 3.63. The van der Waals surface area contributed by atoms with Crippen molar-refractivity contribution >= 4 is 28.1 Å². The van der Waals surface area contributed by atoms with Gasteiger partial charge < -0.3 is 10.6 Å². The summed E-state index contributed by atoms with van der Waals surface area (Å²) in [6.07, 6.45) is 2.22. The zero-order chi connectivity index (χ0) is 17.4. The van der Waals surface area contributed by atoms with Crippen LogP contribution < -0.4 is 10.6 Å². The molecule has 3 aromatic carbocycles. The van der Waals surface area contributed by atoms with Gasteiger partial charge in [0.15, 0.2) is 0 Å². The molecule has 0 saturated carbocycles. The van der Waals surface area contributed by atoms with Gasteiger partial charge in [-0.3, -0.25) is 4.79 Å². The number of aryl methyl sites for hydroxylation is 3. The van der Waals surface area contributed by atoms with Crippen LogP contribution in [0.2, 0.25) is 0 Å². The van der Waals surface area contributed by atoms with Crippen molar-refractivity contribution in [3.63, 3.8) is 0 Å². The van der Waals surface area contributed by atoms with Crippen molar-refractivity contribution in [1.29, 1.82) is 0 Å². The molecule has 1 unspecified atom stereocenters. The highest BCUT2D eigenvalue weighted by atomic mass is 16.2. The lowest BCUT2D eigenvalue weighted by molar-refractivity contribution is -0.116. The molecular formula is C22H22N2O. The average molecular weight is 330 g/mol. The maximum atomic E-state index is 12.6. The third kappa shape index (κ3) is 2.86. The molecule has 0 aromatic heterocycles. The molecule has 0 spiro atoms. The van der Waals surface area contributed by atoms with Crippen molar-refractivity contribution in [2.75, 3.05) is 10.6 Å². The average Bonchev–Trinajstić information content (AvgIpc) is 3.04. The van der Waals surface area contributed by atoms with Crippen molar-refractivity contribution in [3.05, 3.63) is 71.3 Å². The van der Waals surface area contributed by atoms with E-state index in [0.717, 1.165) is 29.8 Å². The quantitative estimate of drug-likeness (QED) is 0.729. The van der Waals surface area contributed by atoms with Gasteiger partial charge in [-0.25, -0.2) is 0 Å². The lowest BCUT2D eigenvalue weighted by Gasteiger charge is -2.18. The Kier molecular flexibility index (Phi) is 3.92. The monoisotopic (exact) mass is 330 g/mol. The van der Waals surface area contributed by atoms with Crippen molar-refractivity contribution in [2.45, 2.75) is 32.7 Å². The number of para-hydroxylation sites is 1. The second kappa shape index (κ2) is 6.25. The Bertz CT molecular complexity index is 951. The van der Waals surface area contributed by atoms with Gasteiger partial charge in [-0.1, -0.05) is 42.5 Å². The Morgan fingerprint density at radius 3 is 2.48 bits per heavy atom. The fourth-order valence-electron chi connectivity index (χ4n) is 3.63. The van der Waals surface area contributed by atoms with Crippen LogP contribution in [0.3, 0.4) is 0 Å². The maximum absolute atomic E-state index is 12.6. The number of amides is 1. The molecule has 1 atom stereocenters. The van der Waals surface area contributed by atoms with E-state index < -0.39 is 0 Å². The zero-order valence-electron chi connectivity index (χ0n) is 14.6. The highest BCUT2D eigenvalue weighted by Gasteiger charge is 2.18. The molecule has 3 heteroatoms. The minimum absolute atomic E-state index is 0.0300. The van der Waals surface area contributed by atoms with E-state index in [-0.39, 0.29) is 11.9 Å². The minimum atomic E-state index is -0.321. The number of carbonyl (C=O) groups excluding carboxylic acids is 1. The molecule has 1 aliphatic carbocycles. The number of nitrogens with one attached hydrogen (secondary N) is 2. The normalized spacial score (nSPS) is 13.7. The summed E-state index contributed by atoms with van der Waals surface area (Å²) in [5.74, 6) is -0.0300. The van der Waals surface area contributed by atoms with E-state index in [0.29, 0.717) is 0 Å². The van der Waals surface area contributed by atoms with Gasteiger partial charge in [-0.2, -0.15) is 0 Å². The predicted molar refractivity (Wildman–Crippen MR) is 104 cm³/mol. The molecule has 2 N–H and O–H groups in total. The molecule has 0 bridgehead atoms. The van der Waals surface area contributed by atoms with Crippen molar-refractivity contribution in [3.8, 4) is 0 Å². The second-order valence-electron chi connectivity index (χ2n) is 6.78. The maximum Gasteiger partial charge on any atom is 0.246 e. The topological polar surface area (TPSA) is 41.1 Å². The first-order valence-electron chi connectivity index (χ1n) is 8.80. The van der Waals surface area contributed by atoms with Crippen LogP contribution in [0, 0.1) is 6.92 Å². The molecule has 126 valence electrons. The minimum Gasteiger partial charge on any atom is -0.373 e. The number of hydrogen-bond acceptors (Lipinski definition) is 2. The molecule has 3 nitrogen and oxygen atoms in total. The number of carbonyl (C=O) groups is 1. The third-order valence-electron chi connectivity index (χ3n) is 5.05. The van der Waals surface area contributed by atoms with Gasteiger partial charge in [0.1, 0.15) is 6.04 Å². The molecule has 0 saturated heterocycles. The van der Waals surface area contributed by atoms with E-state index in [1.165, 1.54) is 21.9 Å². The van der Waals surface area contributed by atoms with Crippen LogP contribution >= 0.6 is 0 Å². The molecule has 4 rings (SSSR count). The Labute approximate surface area is 148 Å². The van der Waals surface area contributed by atoms with E-state index in [9.17, 15) is 4.79 Å². The lowest BCUT2D eigenvalue weighted by Crippen LogP contribution is -2.32. The SMILES string of the molecule is Cc1ccccc1NC(=O)C(C)Nc1ccc2c3c(cccc13)CC2. The van der Waals surface area contributed by atoms with Crippen LogP contribution in [-0.2, 0) is 17.6 Å². The number of rotatable bonds is 4. The number of benzene rings is 3. The fraction of sp³-hybridized carbons (Fsp3) is 0.227. The summed E-state index contributed by atoms with van der Waals surface area (Å²) >= 11 is 0. The van der Waals surface area contributed by atoms with Crippen LogP contribution in [0.4, 0.5) is 11.4 Å². The summed E-state index contributed by atoms with van der Waals surface area (Å²) in [6.45, 7) is 3.90. The Morgan fingerprint density at radius 2 is 1.68 bits per heavy atom. The first-order chi connectivity index (χ1) is 12.1. The van der Waals surface area contributed by atoms with Gasteiger partial charge in [0.2, 0.25) is 5.91 Å². The summed E-state index contributed by atoms with van der Waals surface area (Å²) in [5.41, 5.74) is 5.77. The highest BCUT2D eigenvalue weighted by molar-refractivity contribution is 6.02. The predicted octanol–water partition coefficient (Wildman–Crippen LogP) is 4.69. The van der Waals surface area contributed by atoms with Crippen LogP contribution in [-0.4, -0.2) is 11.9 Å². The number of hydrogen-bond donors (Lipinski definition) is 2. The van der Waals surface area contributed by atoms with E-state index in [2.05, 4.69) is 41.0 Å². The van der Waals surface area contributed by atoms with Gasteiger partial charge in [-0.05, 0) is 60.9 Å². The van der Waals surface area contributed by atoms with E-state index >= 15 is 0 Å². The van der Waals surface area contributed by atoms with Gasteiger partial charge in [-0.15, -0.1) is 0 Å². The molecule has 0 aliphatic heterocycles. The molecular weight excluding hydrogens is 308 g/mol. The summed E-state index contributed by atoms with van der Waals surface area (Å²) in [4.78, 5) is 12.6. The summed E-state index contributed by atoms with van der Waals surface area (Å²) in [7, 11) is 0. The lowest BCUT2D eigenvalue weighted by atomic mass is 10.0. The van der Waals surface area contributed by atoms with Crippen molar-refractivity contribution in [1.82, 2.24) is 0 Å². The summed E-state index contributed by atoms with van der Waals surface area (Å²) in [5, 5.41) is 8.98. The Hall–Kier alpha value is -2.81. The van der Waals surface area contributed by atoms with Gasteiger partial charge in [0.25, 0.3) is 0 Å². The van der Waals surface area contributed by atoms with Crippen LogP contribution in [0.5, 0.6) is 0 Å². The third-order valence-corrected chi connectivity index (χ3v) is 5.05. The molecule has 1 amide bonds. The van der Waals surface area contributed by atoms with Crippen molar-refractivity contribution in [2.24, 2.45) is 0 Å². The van der Waals surface area contributed by atoms with Crippen LogP contribution in [0.25, 0.3) is 10.8 Å². The van der Waals surface area contributed by atoms with Gasteiger partial charge in [0.05, 0.1) is 0 Å². The van der Waals surface area contributed by atoms with Gasteiger partial charge >= 0.3 is 0 Å². The number of anilines is 2. The molecule has 25 heavy (non-hydrogen) atoms. The first kappa shape index (κ1) is 15.7. The Balaban J connectivity index is 1.57. The summed E-state index contributed by atoms with van der Waals surface area (Å²) < 4.78 is 0. The molecule has 1 aliphatic rings. The molecule has 0 radical (unpaired) electrons. The van der Waals surface area contributed by atoms with Gasteiger partial charge in [0, 0.05) is 16.8 Å². The standard InChI is InChI=1S/C22H22N2O/c1-14-6-3-4-9-19(14)24-22(25)15(2)23-20-13-12-17-11-10-16-7-5-8-18(20)21(16)17/h3-9,12-13,15,23H,10-11H2,1-2H3,(H,24,25). The van der Waals surface area contributed by atoms with E-state index in [1.54, 1.807) is 0 Å². The highest BCUT2D eigenvalue weighted by Crippen LogP contribution is 2.35. The first-order valence-corrected chi connectivity index (χ1v) is 8.80. The van der Waals surface area contributed by atoms with Crippen LogP contribution in [0.15, 0.2) is 54.6 Å². The van der Waals surface area contributed by atoms with E-state index in [4.69, 9.17) is 0 Å². The molecule has 0 heterocycles. The second-order valence-corrected chi connectivity index (χ2v) is 6.78. The Morgan fingerprint density at radius 1 is 0.920 bits per heavy atom. The van der Waals surface area contributed by atoms with Crippen molar-refractivity contribution < 1.29 is 4.79 Å².